The Morgan fingerprint density at radius 3 is 2.48 bits per heavy atom. The number of hydrogen-bond donors (Lipinski definition) is 3. The van der Waals surface area contributed by atoms with E-state index in [0.717, 1.165) is 12.8 Å². The van der Waals surface area contributed by atoms with Crippen molar-refractivity contribution < 1.29 is 9.90 Å². The molecule has 2 aliphatic heterocycles. The first-order valence-electron chi connectivity index (χ1n) is 9.36. The number of nitrogens with one attached hydrogen (secondary N) is 2. The fourth-order valence-electron chi connectivity index (χ4n) is 4.39. The van der Waals surface area contributed by atoms with E-state index in [1.165, 1.54) is 18.4 Å². The first-order valence-corrected chi connectivity index (χ1v) is 9.36. The summed E-state index contributed by atoms with van der Waals surface area (Å²) in [4.78, 5) is 12.4. The van der Waals surface area contributed by atoms with Crippen LogP contribution in [0, 0.1) is 5.92 Å². The van der Waals surface area contributed by atoms with Crippen LogP contribution in [0.5, 0.6) is 0 Å². The molecule has 3 N–H and O–H groups in total. The van der Waals surface area contributed by atoms with Gasteiger partial charge in [-0.2, -0.15) is 0 Å². The molecule has 2 heterocycles. The van der Waals surface area contributed by atoms with Gasteiger partial charge in [-0.1, -0.05) is 30.3 Å². The monoisotopic (exact) mass is 366 g/mol. The van der Waals surface area contributed by atoms with Gasteiger partial charge in [0.2, 0.25) is 5.91 Å². The smallest absolute Gasteiger partial charge is 0.220 e. The van der Waals surface area contributed by atoms with Crippen molar-refractivity contribution in [2.24, 2.45) is 5.92 Å². The molecular formula is C20H31ClN2O2. The number of hydrogen-bond acceptors (Lipinski definition) is 3. The highest BCUT2D eigenvalue weighted by molar-refractivity contribution is 5.85. The number of fused-ring (bicyclic) bond motifs is 2. The Balaban J connectivity index is 0.00000225. The van der Waals surface area contributed by atoms with Crippen LogP contribution in [0.15, 0.2) is 30.3 Å². The Bertz CT molecular complexity index is 526. The van der Waals surface area contributed by atoms with Gasteiger partial charge in [-0.25, -0.2) is 0 Å². The highest BCUT2D eigenvalue weighted by Gasteiger charge is 2.34. The van der Waals surface area contributed by atoms with E-state index in [1.807, 2.05) is 25.1 Å². The molecule has 2 saturated heterocycles. The van der Waals surface area contributed by atoms with Crippen LogP contribution >= 0.6 is 12.4 Å². The number of carbonyl (C=O) groups is 1. The second-order valence-electron chi connectivity index (χ2n) is 7.68. The molecule has 5 heteroatoms. The lowest BCUT2D eigenvalue weighted by molar-refractivity contribution is -0.122. The quantitative estimate of drug-likeness (QED) is 0.695. The zero-order chi connectivity index (χ0) is 16.9. The lowest BCUT2D eigenvalue weighted by Gasteiger charge is -2.29. The fraction of sp³-hybridized carbons (Fsp3) is 0.650. The fourth-order valence-corrected chi connectivity index (χ4v) is 4.39. The summed E-state index contributed by atoms with van der Waals surface area (Å²) in [6.45, 7) is 2.41. The minimum atomic E-state index is -0.368. The van der Waals surface area contributed by atoms with E-state index in [1.54, 1.807) is 0 Å². The average molecular weight is 367 g/mol. The number of amides is 1. The second-order valence-corrected chi connectivity index (χ2v) is 7.68. The molecule has 0 spiro atoms. The summed E-state index contributed by atoms with van der Waals surface area (Å²) in [5, 5.41) is 16.5. The van der Waals surface area contributed by atoms with Crippen molar-refractivity contribution in [3.63, 3.8) is 0 Å². The van der Waals surface area contributed by atoms with Gasteiger partial charge in [-0.3, -0.25) is 4.79 Å². The first kappa shape index (κ1) is 20.2. The molecule has 140 valence electrons. The van der Waals surface area contributed by atoms with Crippen molar-refractivity contribution in [1.82, 2.24) is 10.6 Å². The van der Waals surface area contributed by atoms with Crippen molar-refractivity contribution >= 4 is 18.3 Å². The second kappa shape index (κ2) is 9.56. The van der Waals surface area contributed by atoms with Gasteiger partial charge in [0.15, 0.2) is 0 Å². The van der Waals surface area contributed by atoms with Crippen LogP contribution in [-0.2, 0) is 4.79 Å². The van der Waals surface area contributed by atoms with E-state index in [-0.39, 0.29) is 30.3 Å². The third kappa shape index (κ3) is 5.98. The van der Waals surface area contributed by atoms with Gasteiger partial charge in [-0.15, -0.1) is 12.4 Å². The zero-order valence-corrected chi connectivity index (χ0v) is 15.8. The largest absolute Gasteiger partial charge is 0.393 e. The van der Waals surface area contributed by atoms with E-state index in [9.17, 15) is 9.90 Å². The number of carbonyl (C=O) groups excluding carboxylic acids is 1. The van der Waals surface area contributed by atoms with Crippen LogP contribution in [-0.4, -0.2) is 35.7 Å². The van der Waals surface area contributed by atoms with Crippen molar-refractivity contribution in [1.29, 1.82) is 0 Å². The number of aliphatic hydroxyl groups excluding tert-OH is 1. The molecule has 25 heavy (non-hydrogen) atoms. The molecule has 2 bridgehead atoms. The van der Waals surface area contributed by atoms with Crippen LogP contribution in [0.1, 0.15) is 56.9 Å². The molecule has 4 nitrogen and oxygen atoms in total. The summed E-state index contributed by atoms with van der Waals surface area (Å²) in [6, 6.07) is 11.4. The van der Waals surface area contributed by atoms with E-state index in [2.05, 4.69) is 22.8 Å². The Hall–Kier alpha value is -1.10. The summed E-state index contributed by atoms with van der Waals surface area (Å²) < 4.78 is 0. The lowest BCUT2D eigenvalue weighted by atomic mass is 9.89. The Labute approximate surface area is 157 Å². The maximum Gasteiger partial charge on any atom is 0.220 e. The number of benzene rings is 1. The predicted molar refractivity (Wildman–Crippen MR) is 103 cm³/mol. The first-order chi connectivity index (χ1) is 11.6. The predicted octanol–water partition coefficient (Wildman–Crippen LogP) is 3.00. The van der Waals surface area contributed by atoms with Gasteiger partial charge < -0.3 is 15.7 Å². The third-order valence-corrected chi connectivity index (χ3v) is 5.49. The molecule has 0 aromatic heterocycles. The molecule has 0 aliphatic carbocycles. The van der Waals surface area contributed by atoms with Gasteiger partial charge in [-0.05, 0) is 50.5 Å². The summed E-state index contributed by atoms with van der Waals surface area (Å²) in [7, 11) is 0. The molecule has 4 atom stereocenters. The summed E-state index contributed by atoms with van der Waals surface area (Å²) in [5.41, 5.74) is 1.18. The number of aliphatic hydroxyl groups is 1. The van der Waals surface area contributed by atoms with Crippen molar-refractivity contribution in [2.45, 2.75) is 69.6 Å². The average Bonchev–Trinajstić information content (AvgIpc) is 2.90. The van der Waals surface area contributed by atoms with E-state index in [4.69, 9.17) is 0 Å². The highest BCUT2D eigenvalue weighted by Crippen LogP contribution is 2.32. The third-order valence-electron chi connectivity index (χ3n) is 5.49. The van der Waals surface area contributed by atoms with Gasteiger partial charge in [0.1, 0.15) is 0 Å². The molecule has 2 aliphatic rings. The molecular weight excluding hydrogens is 336 g/mol. The van der Waals surface area contributed by atoms with E-state index < -0.39 is 0 Å². The summed E-state index contributed by atoms with van der Waals surface area (Å²) in [6.07, 6.45) is 5.76. The Morgan fingerprint density at radius 2 is 1.88 bits per heavy atom. The standard InChI is InChI=1S/C20H30N2O2.ClH/c1-14(23)9-17(16-5-3-2-4-6-16)13-21-20(24)12-15-10-18-7-8-19(11-15)22-18;/h2-6,14-15,17-19,22-23H,7-13H2,1H3,(H,21,24);1H. The summed E-state index contributed by atoms with van der Waals surface area (Å²) in [5.74, 6) is 0.850. The maximum atomic E-state index is 12.4. The normalized spacial score (nSPS) is 27.2. The van der Waals surface area contributed by atoms with Gasteiger partial charge in [0, 0.05) is 31.0 Å². The molecule has 1 aromatic rings. The maximum absolute atomic E-state index is 12.4. The Kier molecular flexibility index (Phi) is 7.73. The molecule has 0 saturated carbocycles. The molecule has 2 fully saturated rings. The molecule has 0 radical (unpaired) electrons. The van der Waals surface area contributed by atoms with Crippen LogP contribution in [0.2, 0.25) is 0 Å². The number of halogens is 1. The highest BCUT2D eigenvalue weighted by atomic mass is 35.5. The molecule has 1 aromatic carbocycles. The molecule has 4 unspecified atom stereocenters. The van der Waals surface area contributed by atoms with E-state index >= 15 is 0 Å². The van der Waals surface area contributed by atoms with Crippen LogP contribution < -0.4 is 10.6 Å². The van der Waals surface area contributed by atoms with Crippen molar-refractivity contribution in [3.05, 3.63) is 35.9 Å². The van der Waals surface area contributed by atoms with E-state index in [0.29, 0.717) is 37.4 Å². The Morgan fingerprint density at radius 1 is 1.24 bits per heavy atom. The van der Waals surface area contributed by atoms with Gasteiger partial charge >= 0.3 is 0 Å². The topological polar surface area (TPSA) is 61.4 Å². The minimum absolute atomic E-state index is 0. The minimum Gasteiger partial charge on any atom is -0.393 e. The van der Waals surface area contributed by atoms with Gasteiger partial charge in [0.05, 0.1) is 6.10 Å². The zero-order valence-electron chi connectivity index (χ0n) is 15.0. The van der Waals surface area contributed by atoms with Crippen molar-refractivity contribution in [3.8, 4) is 0 Å². The van der Waals surface area contributed by atoms with Crippen LogP contribution in [0.3, 0.4) is 0 Å². The van der Waals surface area contributed by atoms with Crippen LogP contribution in [0.4, 0.5) is 0 Å². The SMILES string of the molecule is CC(O)CC(CNC(=O)CC1CC2CCC(C1)N2)c1ccccc1.Cl. The molecule has 1 amide bonds. The summed E-state index contributed by atoms with van der Waals surface area (Å²) >= 11 is 0. The number of piperidine rings is 1. The molecule has 3 rings (SSSR count). The lowest BCUT2D eigenvalue weighted by Crippen LogP contribution is -2.40. The number of rotatable bonds is 7. The van der Waals surface area contributed by atoms with Crippen molar-refractivity contribution in [2.75, 3.05) is 6.54 Å². The van der Waals surface area contributed by atoms with Crippen LogP contribution in [0.25, 0.3) is 0 Å². The van der Waals surface area contributed by atoms with Gasteiger partial charge in [0.25, 0.3) is 0 Å².